The first-order valence-electron chi connectivity index (χ1n) is 12.0. The lowest BCUT2D eigenvalue weighted by atomic mass is 10.1. The highest BCUT2D eigenvalue weighted by Crippen LogP contribution is 2.32. The molecular weight excluding hydrogens is 496 g/mol. The van der Waals surface area contributed by atoms with Crippen LogP contribution in [0.15, 0.2) is 60.0 Å². The number of nitrogens with zero attached hydrogens (tertiary/aromatic N) is 2. The first-order chi connectivity index (χ1) is 17.6. The number of halogens is 1. The molecule has 1 amide bonds. The van der Waals surface area contributed by atoms with E-state index < -0.39 is 0 Å². The van der Waals surface area contributed by atoms with E-state index in [0.29, 0.717) is 22.7 Å². The van der Waals surface area contributed by atoms with Gasteiger partial charge in [0.2, 0.25) is 5.91 Å². The van der Waals surface area contributed by atoms with E-state index in [1.165, 1.54) is 17.3 Å². The molecule has 9 heteroatoms. The predicted octanol–water partition coefficient (Wildman–Crippen LogP) is 4.78. The van der Waals surface area contributed by atoms with Crippen LogP contribution in [-0.4, -0.2) is 54.5 Å². The zero-order chi connectivity index (χ0) is 25.3. The van der Waals surface area contributed by atoms with Crippen LogP contribution in [-0.2, 0) is 11.2 Å². The molecule has 1 fully saturated rings. The van der Waals surface area contributed by atoms with E-state index in [1.807, 2.05) is 30.3 Å². The number of nitrogens with one attached hydrogen (secondary N) is 2. The highest BCUT2D eigenvalue weighted by Gasteiger charge is 2.28. The molecule has 7 nitrogen and oxygen atoms in total. The van der Waals surface area contributed by atoms with Gasteiger partial charge in [0.1, 0.15) is 0 Å². The Hall–Kier alpha value is -2.81. The first kappa shape index (κ1) is 26.3. The van der Waals surface area contributed by atoms with Crippen LogP contribution < -0.4 is 20.1 Å². The number of aromatic nitrogens is 2. The number of ether oxygens (including phenoxy) is 2. The Kier molecular flexibility index (Phi) is 9.44. The van der Waals surface area contributed by atoms with Crippen molar-refractivity contribution in [3.05, 3.63) is 65.4 Å². The normalized spacial score (nSPS) is 17.1. The summed E-state index contributed by atoms with van der Waals surface area (Å²) in [6.45, 7) is 0.869. The average Bonchev–Trinajstić information content (AvgIpc) is 3.35. The Morgan fingerprint density at radius 2 is 1.72 bits per heavy atom. The molecule has 0 unspecified atom stereocenters. The van der Waals surface area contributed by atoms with E-state index in [-0.39, 0.29) is 17.7 Å². The average molecular weight is 527 g/mol. The smallest absolute Gasteiger partial charge is 0.230 e. The maximum atomic E-state index is 12.6. The van der Waals surface area contributed by atoms with E-state index in [9.17, 15) is 4.79 Å². The van der Waals surface area contributed by atoms with E-state index in [2.05, 4.69) is 32.7 Å². The second-order valence-corrected chi connectivity index (χ2v) is 10.0. The van der Waals surface area contributed by atoms with E-state index >= 15 is 0 Å². The maximum Gasteiger partial charge on any atom is 0.230 e. The fraction of sp³-hybridized carbons (Fsp3) is 0.370. The van der Waals surface area contributed by atoms with Crippen molar-refractivity contribution in [3.63, 3.8) is 0 Å². The summed E-state index contributed by atoms with van der Waals surface area (Å²) < 4.78 is 10.7. The van der Waals surface area contributed by atoms with Crippen LogP contribution in [0.4, 0.5) is 0 Å². The fourth-order valence-corrected chi connectivity index (χ4v) is 5.09. The fourth-order valence-electron chi connectivity index (χ4n) is 4.36. The molecule has 4 rings (SSSR count). The summed E-state index contributed by atoms with van der Waals surface area (Å²) in [5, 5.41) is 8.13. The summed E-state index contributed by atoms with van der Waals surface area (Å²) in [6, 6.07) is 14.1. The second kappa shape index (κ2) is 12.9. The summed E-state index contributed by atoms with van der Waals surface area (Å²) in [7, 11) is 3.21. The van der Waals surface area contributed by atoms with Crippen LogP contribution in [0, 0.1) is 0 Å². The van der Waals surface area contributed by atoms with Gasteiger partial charge in [-0.25, -0.2) is 9.97 Å². The lowest BCUT2D eigenvalue weighted by molar-refractivity contribution is -0.119. The zero-order valence-electron chi connectivity index (χ0n) is 20.5. The number of hydrogen-bond acceptors (Lipinski definition) is 7. The molecule has 1 aliphatic rings. The van der Waals surface area contributed by atoms with Gasteiger partial charge in [-0.05, 0) is 67.6 Å². The highest BCUT2D eigenvalue weighted by atomic mass is 35.5. The van der Waals surface area contributed by atoms with Crippen LogP contribution in [0.2, 0.25) is 5.02 Å². The molecule has 0 spiro atoms. The second-order valence-electron chi connectivity index (χ2n) is 8.65. The number of hydrogen-bond donors (Lipinski definition) is 2. The van der Waals surface area contributed by atoms with Crippen molar-refractivity contribution >= 4 is 29.3 Å². The van der Waals surface area contributed by atoms with E-state index in [1.54, 1.807) is 26.6 Å². The molecule has 2 aromatic carbocycles. The van der Waals surface area contributed by atoms with Crippen molar-refractivity contribution in [3.8, 4) is 22.6 Å². The minimum atomic E-state index is 0.00367. The van der Waals surface area contributed by atoms with Crippen molar-refractivity contribution in [1.29, 1.82) is 0 Å². The molecule has 2 atom stereocenters. The number of carbonyl (C=O) groups excluding carboxylic acids is 1. The van der Waals surface area contributed by atoms with Crippen LogP contribution >= 0.6 is 23.4 Å². The third kappa shape index (κ3) is 7.12. The number of carbonyl (C=O) groups is 1. The van der Waals surface area contributed by atoms with Crippen LogP contribution in [0.1, 0.15) is 24.8 Å². The Labute approximate surface area is 221 Å². The Bertz CT molecular complexity index is 1140. The molecule has 190 valence electrons. The van der Waals surface area contributed by atoms with Crippen molar-refractivity contribution in [2.24, 2.45) is 0 Å². The predicted molar refractivity (Wildman–Crippen MR) is 144 cm³/mol. The summed E-state index contributed by atoms with van der Waals surface area (Å²) in [4.78, 5) is 21.5. The molecule has 0 saturated heterocycles. The summed E-state index contributed by atoms with van der Waals surface area (Å²) in [6.07, 6.45) is 7.61. The number of benzene rings is 2. The van der Waals surface area contributed by atoms with Crippen molar-refractivity contribution in [1.82, 2.24) is 20.6 Å². The van der Waals surface area contributed by atoms with Gasteiger partial charge in [0.25, 0.3) is 0 Å². The number of rotatable bonds is 11. The molecule has 0 aliphatic heterocycles. The van der Waals surface area contributed by atoms with Gasteiger partial charge in [0.05, 0.1) is 20.0 Å². The molecule has 0 bridgehead atoms. The van der Waals surface area contributed by atoms with Crippen molar-refractivity contribution in [2.75, 3.05) is 26.5 Å². The monoisotopic (exact) mass is 526 g/mol. The van der Waals surface area contributed by atoms with Gasteiger partial charge in [-0.2, -0.15) is 0 Å². The molecule has 3 aromatic rings. The van der Waals surface area contributed by atoms with Gasteiger partial charge in [-0.1, -0.05) is 41.6 Å². The summed E-state index contributed by atoms with van der Waals surface area (Å²) in [5.41, 5.74) is 3.04. The third-order valence-corrected chi connectivity index (χ3v) is 7.40. The Balaban J connectivity index is 1.23. The maximum absolute atomic E-state index is 12.6. The minimum absolute atomic E-state index is 0.00367. The highest BCUT2D eigenvalue weighted by molar-refractivity contribution is 7.99. The molecule has 1 saturated carbocycles. The van der Waals surface area contributed by atoms with Gasteiger partial charge >= 0.3 is 0 Å². The molecule has 0 radical (unpaired) electrons. The topological polar surface area (TPSA) is 85.4 Å². The number of thioether (sulfide) groups is 1. The summed E-state index contributed by atoms with van der Waals surface area (Å²) >= 11 is 7.30. The largest absolute Gasteiger partial charge is 0.493 e. The molecule has 36 heavy (non-hydrogen) atoms. The van der Waals surface area contributed by atoms with Crippen molar-refractivity contribution < 1.29 is 14.3 Å². The molecular formula is C27H31ClN4O3S. The lowest BCUT2D eigenvalue weighted by Gasteiger charge is -2.22. The molecule has 1 aliphatic carbocycles. The van der Waals surface area contributed by atoms with Crippen LogP contribution in [0.5, 0.6) is 11.5 Å². The zero-order valence-corrected chi connectivity index (χ0v) is 22.1. The van der Waals surface area contributed by atoms with E-state index in [0.717, 1.165) is 48.4 Å². The van der Waals surface area contributed by atoms with Crippen LogP contribution in [0.3, 0.4) is 0 Å². The lowest BCUT2D eigenvalue weighted by Crippen LogP contribution is -2.47. The number of methoxy groups -OCH3 is 2. The molecule has 1 heterocycles. The van der Waals surface area contributed by atoms with Gasteiger partial charge in [0.15, 0.2) is 16.7 Å². The van der Waals surface area contributed by atoms with Gasteiger partial charge in [0, 0.05) is 35.1 Å². The van der Waals surface area contributed by atoms with Gasteiger partial charge in [-0.3, -0.25) is 4.79 Å². The molecule has 1 aromatic heterocycles. The molecule has 2 N–H and O–H groups in total. The third-order valence-electron chi connectivity index (χ3n) is 6.27. The van der Waals surface area contributed by atoms with Gasteiger partial charge < -0.3 is 20.1 Å². The summed E-state index contributed by atoms with van der Waals surface area (Å²) in [5.74, 6) is 1.60. The standard InChI is InChI=1S/C27H31ClN4O3S/c1-34-24-11-8-19(14-25(24)35-2)20-15-30-27(31-16-20)36-17-26(33)32-23-5-3-4-22(23)29-13-12-18-6-9-21(28)10-7-18/h6-11,14-16,22-23,29H,3-5,12-13,17H2,1-2H3,(H,32,33)/t22-,23-/m1/s1. The number of amides is 1. The van der Waals surface area contributed by atoms with Gasteiger partial charge in [-0.15, -0.1) is 0 Å². The quantitative estimate of drug-likeness (QED) is 0.275. The van der Waals surface area contributed by atoms with Crippen molar-refractivity contribution in [2.45, 2.75) is 42.9 Å². The van der Waals surface area contributed by atoms with E-state index in [4.69, 9.17) is 21.1 Å². The Morgan fingerprint density at radius 3 is 2.44 bits per heavy atom. The van der Waals surface area contributed by atoms with Crippen LogP contribution in [0.25, 0.3) is 11.1 Å². The SMILES string of the molecule is COc1ccc(-c2cnc(SCC(=O)N[C@@H]3CCC[C@H]3NCCc3ccc(Cl)cc3)nc2)cc1OC. The Morgan fingerprint density at radius 1 is 1.00 bits per heavy atom. The minimum Gasteiger partial charge on any atom is -0.493 e. The first-order valence-corrected chi connectivity index (χ1v) is 13.4.